The minimum absolute atomic E-state index is 0.0114. The van der Waals surface area contributed by atoms with Crippen LogP contribution in [0.25, 0.3) is 6.08 Å². The topological polar surface area (TPSA) is 45.7 Å². The van der Waals surface area contributed by atoms with Crippen molar-refractivity contribution in [1.82, 2.24) is 14.8 Å². The Labute approximate surface area is 187 Å². The van der Waals surface area contributed by atoms with Crippen molar-refractivity contribution in [2.45, 2.75) is 13.5 Å². The molecule has 0 atom stereocenters. The largest absolute Gasteiger partial charge is 0.486 e. The Hall–Kier alpha value is -2.96. The summed E-state index contributed by atoms with van der Waals surface area (Å²) in [7, 11) is 0. The van der Waals surface area contributed by atoms with E-state index in [4.69, 9.17) is 4.74 Å². The molecule has 0 spiro atoms. The Balaban J connectivity index is 1.23. The van der Waals surface area contributed by atoms with Crippen molar-refractivity contribution >= 4 is 23.3 Å². The summed E-state index contributed by atoms with van der Waals surface area (Å²) in [5.74, 6) is 0.823. The van der Waals surface area contributed by atoms with Crippen LogP contribution in [0.2, 0.25) is 0 Å². The average Bonchev–Trinajstić information content (AvgIpc) is 3.28. The van der Waals surface area contributed by atoms with Crippen LogP contribution < -0.4 is 4.74 Å². The minimum atomic E-state index is 0.0114. The fourth-order valence-corrected chi connectivity index (χ4v) is 4.13. The molecule has 2 aromatic carbocycles. The predicted molar refractivity (Wildman–Crippen MR) is 125 cm³/mol. The second kappa shape index (κ2) is 10.4. The molecule has 0 radical (unpaired) electrons. The smallest absolute Gasteiger partial charge is 0.273 e. The number of thiazole rings is 1. The number of piperazine rings is 1. The molecule has 0 saturated carbocycles. The molecule has 3 aromatic rings. The third-order valence-electron chi connectivity index (χ3n) is 5.29. The number of hydrogen-bond acceptors (Lipinski definition) is 5. The summed E-state index contributed by atoms with van der Waals surface area (Å²) in [6, 6.07) is 18.2. The van der Waals surface area contributed by atoms with Gasteiger partial charge in [0.25, 0.3) is 5.91 Å². The maximum absolute atomic E-state index is 12.8. The Bertz CT molecular complexity index is 1010. The van der Waals surface area contributed by atoms with Gasteiger partial charge in [0, 0.05) is 38.1 Å². The molecular formula is C25H27N3O2S. The lowest BCUT2D eigenvalue weighted by molar-refractivity contribution is 0.0645. The van der Waals surface area contributed by atoms with Crippen LogP contribution in [0.15, 0.2) is 66.1 Å². The molecule has 6 heteroatoms. The summed E-state index contributed by atoms with van der Waals surface area (Å²) in [6.45, 7) is 6.52. The predicted octanol–water partition coefficient (Wildman–Crippen LogP) is 4.50. The lowest BCUT2D eigenvalue weighted by Gasteiger charge is -2.33. The molecule has 5 nitrogen and oxygen atoms in total. The molecular weight excluding hydrogens is 406 g/mol. The first-order chi connectivity index (χ1) is 15.2. The van der Waals surface area contributed by atoms with Gasteiger partial charge in [-0.2, -0.15) is 0 Å². The summed E-state index contributed by atoms with van der Waals surface area (Å²) >= 11 is 1.47. The van der Waals surface area contributed by atoms with Crippen molar-refractivity contribution in [3.05, 3.63) is 87.9 Å². The number of carbonyl (C=O) groups is 1. The normalized spacial score (nSPS) is 14.8. The lowest BCUT2D eigenvalue weighted by atomic mass is 10.2. The second-order valence-corrected chi connectivity index (χ2v) is 8.58. The number of aromatic nitrogens is 1. The molecule has 1 aromatic heterocycles. The quantitative estimate of drug-likeness (QED) is 0.550. The van der Waals surface area contributed by atoms with Crippen LogP contribution in [0.4, 0.5) is 0 Å². The van der Waals surface area contributed by atoms with Crippen molar-refractivity contribution in [3.63, 3.8) is 0 Å². The Morgan fingerprint density at radius 1 is 1.06 bits per heavy atom. The van der Waals surface area contributed by atoms with E-state index in [1.165, 1.54) is 22.5 Å². The highest BCUT2D eigenvalue weighted by Gasteiger charge is 2.23. The number of amides is 1. The molecule has 1 saturated heterocycles. The zero-order chi connectivity index (χ0) is 21.5. The summed E-state index contributed by atoms with van der Waals surface area (Å²) in [4.78, 5) is 21.6. The van der Waals surface area contributed by atoms with E-state index in [1.54, 1.807) is 0 Å². The second-order valence-electron chi connectivity index (χ2n) is 7.63. The third-order valence-corrected chi connectivity index (χ3v) is 6.11. The van der Waals surface area contributed by atoms with Crippen LogP contribution >= 0.6 is 11.3 Å². The first-order valence-corrected chi connectivity index (χ1v) is 11.4. The van der Waals surface area contributed by atoms with Gasteiger partial charge in [-0.15, -0.1) is 11.3 Å². The maximum Gasteiger partial charge on any atom is 0.273 e. The zero-order valence-corrected chi connectivity index (χ0v) is 18.6. The molecule has 0 unspecified atom stereocenters. The van der Waals surface area contributed by atoms with E-state index in [0.29, 0.717) is 12.3 Å². The highest BCUT2D eigenvalue weighted by molar-refractivity contribution is 7.09. The van der Waals surface area contributed by atoms with Gasteiger partial charge in [-0.1, -0.05) is 60.2 Å². The number of carbonyl (C=O) groups excluding carboxylic acids is 1. The van der Waals surface area contributed by atoms with Gasteiger partial charge in [0.15, 0.2) is 0 Å². The minimum Gasteiger partial charge on any atom is -0.486 e. The lowest BCUT2D eigenvalue weighted by Crippen LogP contribution is -2.48. The number of aryl methyl sites for hydroxylation is 1. The molecule has 160 valence electrons. The summed E-state index contributed by atoms with van der Waals surface area (Å²) in [5, 5.41) is 2.65. The number of hydrogen-bond donors (Lipinski definition) is 0. The molecule has 1 fully saturated rings. The number of ether oxygens (including phenoxy) is 1. The SMILES string of the molecule is Cc1ccc(OCc2nc(C(=O)N3CCN(C/C=C/c4ccccc4)CC3)cs2)cc1. The fourth-order valence-electron chi connectivity index (χ4n) is 3.45. The van der Waals surface area contributed by atoms with Gasteiger partial charge in [0.05, 0.1) is 0 Å². The zero-order valence-electron chi connectivity index (χ0n) is 17.7. The van der Waals surface area contributed by atoms with E-state index in [1.807, 2.05) is 59.7 Å². The van der Waals surface area contributed by atoms with Gasteiger partial charge in [-0.25, -0.2) is 4.98 Å². The highest BCUT2D eigenvalue weighted by atomic mass is 32.1. The first-order valence-electron chi connectivity index (χ1n) is 10.5. The molecule has 0 N–H and O–H groups in total. The van der Waals surface area contributed by atoms with Gasteiger partial charge in [-0.3, -0.25) is 9.69 Å². The Kier molecular flexibility index (Phi) is 7.12. The number of nitrogens with zero attached hydrogens (tertiary/aromatic N) is 3. The monoisotopic (exact) mass is 433 g/mol. The molecule has 2 heterocycles. The van der Waals surface area contributed by atoms with Crippen molar-refractivity contribution in [2.24, 2.45) is 0 Å². The van der Waals surface area contributed by atoms with Crippen molar-refractivity contribution in [2.75, 3.05) is 32.7 Å². The molecule has 4 rings (SSSR count). The Morgan fingerprint density at radius 2 is 1.81 bits per heavy atom. The molecule has 0 bridgehead atoms. The van der Waals surface area contributed by atoms with Gasteiger partial charge in [-0.05, 0) is 24.6 Å². The standard InChI is InChI=1S/C25H27N3O2S/c1-20-9-11-22(12-10-20)30-18-24-26-23(19-31-24)25(29)28-16-14-27(15-17-28)13-5-8-21-6-3-2-4-7-21/h2-12,19H,13-18H2,1H3/b8-5+. The van der Waals surface area contributed by atoms with E-state index >= 15 is 0 Å². The highest BCUT2D eigenvalue weighted by Crippen LogP contribution is 2.17. The van der Waals surface area contributed by atoms with Gasteiger partial charge < -0.3 is 9.64 Å². The number of rotatable bonds is 7. The van der Waals surface area contributed by atoms with E-state index in [9.17, 15) is 4.79 Å². The van der Waals surface area contributed by atoms with Crippen molar-refractivity contribution < 1.29 is 9.53 Å². The van der Waals surface area contributed by atoms with Crippen molar-refractivity contribution in [3.8, 4) is 5.75 Å². The molecule has 1 aliphatic heterocycles. The van der Waals surface area contributed by atoms with Crippen LogP contribution in [0.3, 0.4) is 0 Å². The number of benzene rings is 2. The third kappa shape index (κ3) is 6.03. The fraction of sp³-hybridized carbons (Fsp3) is 0.280. The van der Waals surface area contributed by atoms with Gasteiger partial charge >= 0.3 is 0 Å². The van der Waals surface area contributed by atoms with Crippen LogP contribution in [0.5, 0.6) is 5.75 Å². The average molecular weight is 434 g/mol. The van der Waals surface area contributed by atoms with Crippen LogP contribution in [-0.4, -0.2) is 53.4 Å². The van der Waals surface area contributed by atoms with E-state index in [2.05, 4.69) is 34.2 Å². The molecule has 1 amide bonds. The van der Waals surface area contributed by atoms with Crippen LogP contribution in [0.1, 0.15) is 26.6 Å². The van der Waals surface area contributed by atoms with Crippen LogP contribution in [-0.2, 0) is 6.61 Å². The van der Waals surface area contributed by atoms with E-state index < -0.39 is 0 Å². The molecule has 31 heavy (non-hydrogen) atoms. The first kappa shape index (κ1) is 21.3. The summed E-state index contributed by atoms with van der Waals surface area (Å²) < 4.78 is 5.78. The molecule has 0 aliphatic carbocycles. The molecule has 1 aliphatic rings. The summed E-state index contributed by atoms with van der Waals surface area (Å²) in [5.41, 5.74) is 2.92. The van der Waals surface area contributed by atoms with Gasteiger partial charge in [0.1, 0.15) is 23.1 Å². The van der Waals surface area contributed by atoms with Crippen LogP contribution in [0, 0.1) is 6.92 Å². The van der Waals surface area contributed by atoms with Gasteiger partial charge in [0.2, 0.25) is 0 Å². The van der Waals surface area contributed by atoms with Crippen molar-refractivity contribution in [1.29, 1.82) is 0 Å². The summed E-state index contributed by atoms with van der Waals surface area (Å²) in [6.07, 6.45) is 4.33. The van der Waals surface area contributed by atoms with E-state index in [-0.39, 0.29) is 5.91 Å². The maximum atomic E-state index is 12.8. The Morgan fingerprint density at radius 3 is 2.55 bits per heavy atom. The van der Waals surface area contributed by atoms with E-state index in [0.717, 1.165) is 43.5 Å².